The highest BCUT2D eigenvalue weighted by Crippen LogP contribution is 2.39. The second kappa shape index (κ2) is 5.74. The Kier molecular flexibility index (Phi) is 3.99. The van der Waals surface area contributed by atoms with Crippen molar-refractivity contribution in [2.45, 2.75) is 25.7 Å². The second-order valence-electron chi connectivity index (χ2n) is 6.59. The Hall–Kier alpha value is -1.06. The number of hydrogen-bond acceptors (Lipinski definition) is 3. The summed E-state index contributed by atoms with van der Waals surface area (Å²) in [5, 5.41) is 0. The molecule has 2 aliphatic heterocycles. The van der Waals surface area contributed by atoms with Crippen molar-refractivity contribution in [3.05, 3.63) is 29.8 Å². The summed E-state index contributed by atoms with van der Waals surface area (Å²) in [7, 11) is 0. The van der Waals surface area contributed by atoms with Crippen LogP contribution in [-0.2, 0) is 10.2 Å². The number of benzene rings is 1. The molecule has 1 aromatic carbocycles. The minimum atomic E-state index is 0.312. The van der Waals surface area contributed by atoms with Gasteiger partial charge in [0.05, 0.1) is 13.2 Å². The molecule has 3 rings (SSSR count). The van der Waals surface area contributed by atoms with Crippen LogP contribution >= 0.6 is 0 Å². The summed E-state index contributed by atoms with van der Waals surface area (Å²) in [6.45, 7) is 12.1. The fourth-order valence-electron chi connectivity index (χ4n) is 3.31. The van der Waals surface area contributed by atoms with E-state index in [-0.39, 0.29) is 0 Å². The third-order valence-corrected chi connectivity index (χ3v) is 4.77. The van der Waals surface area contributed by atoms with E-state index in [0.717, 1.165) is 39.4 Å². The number of para-hydroxylation sites is 1. The highest BCUT2D eigenvalue weighted by atomic mass is 16.5. The van der Waals surface area contributed by atoms with Gasteiger partial charge >= 0.3 is 0 Å². The summed E-state index contributed by atoms with van der Waals surface area (Å²) in [6.07, 6.45) is 1.24. The molecule has 0 aliphatic carbocycles. The normalized spacial score (nSPS) is 22.6. The minimum absolute atomic E-state index is 0.312. The maximum atomic E-state index is 5.42. The largest absolute Gasteiger partial charge is 0.379 e. The molecule has 0 spiro atoms. The van der Waals surface area contributed by atoms with Crippen LogP contribution in [0.5, 0.6) is 0 Å². The number of anilines is 1. The van der Waals surface area contributed by atoms with Gasteiger partial charge in [0, 0.05) is 38.4 Å². The van der Waals surface area contributed by atoms with Crippen molar-refractivity contribution in [1.29, 1.82) is 0 Å². The van der Waals surface area contributed by atoms with Crippen LogP contribution in [0.1, 0.15) is 25.8 Å². The summed E-state index contributed by atoms with van der Waals surface area (Å²) in [5.41, 5.74) is 3.26. The van der Waals surface area contributed by atoms with E-state index in [9.17, 15) is 0 Å². The van der Waals surface area contributed by atoms with Crippen LogP contribution in [0.25, 0.3) is 0 Å². The molecule has 1 saturated heterocycles. The van der Waals surface area contributed by atoms with Gasteiger partial charge in [0.1, 0.15) is 0 Å². The Morgan fingerprint density at radius 2 is 1.80 bits per heavy atom. The average Bonchev–Trinajstić information content (AvgIpc) is 2.48. The van der Waals surface area contributed by atoms with Crippen molar-refractivity contribution >= 4 is 5.69 Å². The van der Waals surface area contributed by atoms with E-state index >= 15 is 0 Å². The lowest BCUT2D eigenvalue weighted by Crippen LogP contribution is -2.44. The molecule has 2 heterocycles. The highest BCUT2D eigenvalue weighted by Gasteiger charge is 2.30. The van der Waals surface area contributed by atoms with Gasteiger partial charge < -0.3 is 9.64 Å². The number of rotatable bonds is 3. The van der Waals surface area contributed by atoms with Gasteiger partial charge in [-0.15, -0.1) is 0 Å². The van der Waals surface area contributed by atoms with E-state index in [1.807, 2.05) is 0 Å². The smallest absolute Gasteiger partial charge is 0.0594 e. The lowest BCUT2D eigenvalue weighted by atomic mass is 9.78. The maximum absolute atomic E-state index is 5.42. The molecule has 1 fully saturated rings. The Morgan fingerprint density at radius 3 is 2.60 bits per heavy atom. The fourth-order valence-corrected chi connectivity index (χ4v) is 3.31. The number of fused-ring (bicyclic) bond motifs is 1. The Bertz CT molecular complexity index is 452. The first-order chi connectivity index (χ1) is 9.67. The van der Waals surface area contributed by atoms with Gasteiger partial charge in [-0.1, -0.05) is 32.0 Å². The SMILES string of the molecule is CC1(C)CCN(CCN2CCOCC2)c2ccccc21. The molecule has 3 nitrogen and oxygen atoms in total. The first-order valence-corrected chi connectivity index (χ1v) is 7.81. The summed E-state index contributed by atoms with van der Waals surface area (Å²) in [5.74, 6) is 0. The number of morpholine rings is 1. The Morgan fingerprint density at radius 1 is 1.05 bits per heavy atom. The molecule has 1 aromatic rings. The highest BCUT2D eigenvalue weighted by molar-refractivity contribution is 5.58. The van der Waals surface area contributed by atoms with E-state index in [1.165, 1.54) is 24.2 Å². The quantitative estimate of drug-likeness (QED) is 0.842. The zero-order valence-electron chi connectivity index (χ0n) is 12.8. The lowest BCUT2D eigenvalue weighted by Gasteiger charge is -2.41. The van der Waals surface area contributed by atoms with Gasteiger partial charge in [0.25, 0.3) is 0 Å². The topological polar surface area (TPSA) is 15.7 Å². The van der Waals surface area contributed by atoms with Crippen LogP contribution in [0, 0.1) is 0 Å². The zero-order chi connectivity index (χ0) is 14.0. The molecule has 2 aliphatic rings. The van der Waals surface area contributed by atoms with Crippen LogP contribution in [0.4, 0.5) is 5.69 Å². The van der Waals surface area contributed by atoms with E-state index in [2.05, 4.69) is 47.9 Å². The summed E-state index contributed by atoms with van der Waals surface area (Å²) in [6, 6.07) is 8.93. The van der Waals surface area contributed by atoms with Gasteiger partial charge in [-0.05, 0) is 23.5 Å². The van der Waals surface area contributed by atoms with E-state index in [1.54, 1.807) is 0 Å². The molecule has 20 heavy (non-hydrogen) atoms. The van der Waals surface area contributed by atoms with Crippen LogP contribution < -0.4 is 4.90 Å². The van der Waals surface area contributed by atoms with Gasteiger partial charge in [0.2, 0.25) is 0 Å². The van der Waals surface area contributed by atoms with Crippen molar-refractivity contribution in [3.63, 3.8) is 0 Å². The molecule has 3 heteroatoms. The van der Waals surface area contributed by atoms with Crippen molar-refractivity contribution in [2.24, 2.45) is 0 Å². The first kappa shape index (κ1) is 13.9. The third-order valence-electron chi connectivity index (χ3n) is 4.77. The second-order valence-corrected chi connectivity index (χ2v) is 6.59. The molecule has 0 saturated carbocycles. The Labute approximate surface area is 122 Å². The molecule has 0 bridgehead atoms. The zero-order valence-corrected chi connectivity index (χ0v) is 12.8. The van der Waals surface area contributed by atoms with Crippen LogP contribution in [-0.4, -0.2) is 50.8 Å². The van der Waals surface area contributed by atoms with Crippen LogP contribution in [0.2, 0.25) is 0 Å². The van der Waals surface area contributed by atoms with E-state index in [0.29, 0.717) is 5.41 Å². The molecule has 0 N–H and O–H groups in total. The standard InChI is InChI=1S/C17H26N2O/c1-17(2)7-8-19(16-6-4-3-5-15(16)17)10-9-18-11-13-20-14-12-18/h3-6H,7-14H2,1-2H3. The molecule has 110 valence electrons. The summed E-state index contributed by atoms with van der Waals surface area (Å²) >= 11 is 0. The molecule has 0 unspecified atom stereocenters. The fraction of sp³-hybridized carbons (Fsp3) is 0.647. The maximum Gasteiger partial charge on any atom is 0.0594 e. The van der Waals surface area contributed by atoms with Crippen molar-refractivity contribution in [3.8, 4) is 0 Å². The minimum Gasteiger partial charge on any atom is -0.379 e. The number of hydrogen-bond donors (Lipinski definition) is 0. The Balaban J connectivity index is 1.68. The number of ether oxygens (including phenoxy) is 1. The molecule has 0 radical (unpaired) electrons. The number of nitrogens with zero attached hydrogens (tertiary/aromatic N) is 2. The lowest BCUT2D eigenvalue weighted by molar-refractivity contribution is 0.0391. The van der Waals surface area contributed by atoms with Crippen molar-refractivity contribution < 1.29 is 4.74 Å². The average molecular weight is 274 g/mol. The first-order valence-electron chi connectivity index (χ1n) is 7.81. The molecule has 0 aromatic heterocycles. The predicted octanol–water partition coefficient (Wildman–Crippen LogP) is 2.51. The third kappa shape index (κ3) is 2.84. The van der Waals surface area contributed by atoms with Crippen LogP contribution in [0.15, 0.2) is 24.3 Å². The molecular formula is C17H26N2O. The predicted molar refractivity (Wildman–Crippen MR) is 83.6 cm³/mol. The molecular weight excluding hydrogens is 248 g/mol. The monoisotopic (exact) mass is 274 g/mol. The van der Waals surface area contributed by atoms with Gasteiger partial charge in [0.15, 0.2) is 0 Å². The van der Waals surface area contributed by atoms with Gasteiger partial charge in [-0.2, -0.15) is 0 Å². The van der Waals surface area contributed by atoms with Crippen molar-refractivity contribution in [1.82, 2.24) is 4.90 Å². The molecule has 0 amide bonds. The van der Waals surface area contributed by atoms with Gasteiger partial charge in [-0.3, -0.25) is 4.90 Å². The van der Waals surface area contributed by atoms with E-state index < -0.39 is 0 Å². The van der Waals surface area contributed by atoms with Gasteiger partial charge in [-0.25, -0.2) is 0 Å². The molecule has 0 atom stereocenters. The van der Waals surface area contributed by atoms with Crippen LogP contribution in [0.3, 0.4) is 0 Å². The van der Waals surface area contributed by atoms with Crippen molar-refractivity contribution in [2.75, 3.05) is 50.8 Å². The summed E-state index contributed by atoms with van der Waals surface area (Å²) in [4.78, 5) is 5.09. The summed E-state index contributed by atoms with van der Waals surface area (Å²) < 4.78 is 5.42. The van der Waals surface area contributed by atoms with E-state index in [4.69, 9.17) is 4.74 Å².